The van der Waals surface area contributed by atoms with E-state index in [1.54, 1.807) is 6.07 Å². The quantitative estimate of drug-likeness (QED) is 0.811. The Kier molecular flexibility index (Phi) is 5.51. The lowest BCUT2D eigenvalue weighted by atomic mass is 10.2. The van der Waals surface area contributed by atoms with Crippen molar-refractivity contribution in [1.29, 1.82) is 0 Å². The second kappa shape index (κ2) is 7.58. The van der Waals surface area contributed by atoms with E-state index in [-0.39, 0.29) is 5.91 Å². The van der Waals surface area contributed by atoms with Crippen molar-refractivity contribution in [3.63, 3.8) is 0 Å². The van der Waals surface area contributed by atoms with Gasteiger partial charge in [0.15, 0.2) is 6.33 Å². The molecule has 0 saturated heterocycles. The van der Waals surface area contributed by atoms with E-state index < -0.39 is 0 Å². The van der Waals surface area contributed by atoms with Crippen molar-refractivity contribution in [3.8, 4) is 0 Å². The maximum atomic E-state index is 12.0. The third-order valence-corrected chi connectivity index (χ3v) is 2.97. The van der Waals surface area contributed by atoms with Gasteiger partial charge in [0.25, 0.3) is 5.91 Å². The minimum absolute atomic E-state index is 0.244. The van der Waals surface area contributed by atoms with Crippen LogP contribution < -0.4 is 10.6 Å². The predicted molar refractivity (Wildman–Crippen MR) is 78.4 cm³/mol. The topological polar surface area (TPSA) is 92.9 Å². The van der Waals surface area contributed by atoms with Gasteiger partial charge in [-0.2, -0.15) is 4.98 Å². The van der Waals surface area contributed by atoms with Gasteiger partial charge >= 0.3 is 0 Å². The van der Waals surface area contributed by atoms with Gasteiger partial charge in [-0.25, -0.2) is 4.98 Å². The van der Waals surface area contributed by atoms with E-state index in [0.717, 1.165) is 13.0 Å². The van der Waals surface area contributed by atoms with Crippen LogP contribution in [0.4, 0.5) is 5.82 Å². The second-order valence-corrected chi connectivity index (χ2v) is 4.73. The van der Waals surface area contributed by atoms with Gasteiger partial charge in [0.1, 0.15) is 5.82 Å². The van der Waals surface area contributed by atoms with Crippen molar-refractivity contribution in [2.24, 2.45) is 0 Å². The van der Waals surface area contributed by atoms with Crippen LogP contribution in [-0.4, -0.2) is 34.1 Å². The zero-order valence-electron chi connectivity index (χ0n) is 11.6. The van der Waals surface area contributed by atoms with Crippen LogP contribution in [0.25, 0.3) is 0 Å². The van der Waals surface area contributed by atoms with E-state index in [1.807, 2.05) is 6.92 Å². The van der Waals surface area contributed by atoms with Crippen LogP contribution in [0.15, 0.2) is 23.1 Å². The molecule has 112 valence electrons. The number of nitrogens with one attached hydrogen (secondary N) is 2. The standard InChI is InChI=1S/C13H16ClN5O2/c1-2-4-15-12-10(14)6-9(7-17-12)13(20)16-5-3-11-18-8-19-21-11/h6-8H,2-5H2,1H3,(H,15,17)(H,16,20). The summed E-state index contributed by atoms with van der Waals surface area (Å²) in [4.78, 5) is 20.0. The summed E-state index contributed by atoms with van der Waals surface area (Å²) < 4.78 is 4.84. The molecule has 0 saturated carbocycles. The lowest BCUT2D eigenvalue weighted by molar-refractivity contribution is 0.0953. The Bertz CT molecular complexity index is 588. The number of hydrogen-bond donors (Lipinski definition) is 2. The monoisotopic (exact) mass is 309 g/mol. The zero-order chi connectivity index (χ0) is 15.1. The molecule has 0 unspecified atom stereocenters. The molecule has 21 heavy (non-hydrogen) atoms. The molecule has 0 bridgehead atoms. The lowest BCUT2D eigenvalue weighted by Gasteiger charge is -2.08. The number of hydrogen-bond acceptors (Lipinski definition) is 6. The van der Waals surface area contributed by atoms with Gasteiger partial charge in [-0.3, -0.25) is 4.79 Å². The van der Waals surface area contributed by atoms with E-state index in [0.29, 0.717) is 35.3 Å². The normalized spacial score (nSPS) is 10.4. The van der Waals surface area contributed by atoms with Crippen molar-refractivity contribution >= 4 is 23.3 Å². The van der Waals surface area contributed by atoms with Crippen molar-refractivity contribution in [2.75, 3.05) is 18.4 Å². The molecule has 8 heteroatoms. The fraction of sp³-hybridized carbons (Fsp3) is 0.385. The van der Waals surface area contributed by atoms with Gasteiger partial charge < -0.3 is 15.2 Å². The fourth-order valence-electron chi connectivity index (χ4n) is 1.63. The molecule has 0 aliphatic rings. The molecule has 2 rings (SSSR count). The van der Waals surface area contributed by atoms with Gasteiger partial charge in [-0.15, -0.1) is 0 Å². The molecule has 2 aromatic heterocycles. The average Bonchev–Trinajstić information content (AvgIpc) is 2.99. The van der Waals surface area contributed by atoms with Crippen LogP contribution >= 0.6 is 11.6 Å². The summed E-state index contributed by atoms with van der Waals surface area (Å²) in [6.45, 7) is 3.23. The van der Waals surface area contributed by atoms with E-state index in [9.17, 15) is 4.79 Å². The molecule has 0 aromatic carbocycles. The molecular weight excluding hydrogens is 294 g/mol. The number of aromatic nitrogens is 3. The first-order chi connectivity index (χ1) is 10.2. The summed E-state index contributed by atoms with van der Waals surface area (Å²) in [6.07, 6.45) is 4.26. The van der Waals surface area contributed by atoms with E-state index >= 15 is 0 Å². The highest BCUT2D eigenvalue weighted by Crippen LogP contribution is 2.19. The summed E-state index contributed by atoms with van der Waals surface area (Å²) in [6, 6.07) is 1.59. The molecule has 2 heterocycles. The smallest absolute Gasteiger partial charge is 0.252 e. The average molecular weight is 310 g/mol. The van der Waals surface area contributed by atoms with Crippen LogP contribution in [0.3, 0.4) is 0 Å². The van der Waals surface area contributed by atoms with Gasteiger partial charge in [0.05, 0.1) is 10.6 Å². The third-order valence-electron chi connectivity index (χ3n) is 2.68. The molecule has 0 atom stereocenters. The Morgan fingerprint density at radius 2 is 2.24 bits per heavy atom. The Morgan fingerprint density at radius 3 is 2.90 bits per heavy atom. The number of carbonyl (C=O) groups excluding carboxylic acids is 1. The summed E-state index contributed by atoms with van der Waals surface area (Å²) in [5, 5.41) is 9.74. The molecule has 0 aliphatic heterocycles. The van der Waals surface area contributed by atoms with E-state index in [4.69, 9.17) is 16.1 Å². The van der Waals surface area contributed by atoms with Gasteiger partial charge in [-0.1, -0.05) is 23.7 Å². The van der Waals surface area contributed by atoms with E-state index in [1.165, 1.54) is 12.5 Å². The SMILES string of the molecule is CCCNc1ncc(C(=O)NCCc2ncno2)cc1Cl. The molecule has 0 aliphatic carbocycles. The number of anilines is 1. The lowest BCUT2D eigenvalue weighted by Crippen LogP contribution is -2.26. The summed E-state index contributed by atoms with van der Waals surface area (Å²) >= 11 is 6.09. The number of carbonyl (C=O) groups is 1. The van der Waals surface area contributed by atoms with Crippen LogP contribution in [0.2, 0.25) is 5.02 Å². The second-order valence-electron chi connectivity index (χ2n) is 4.32. The molecule has 2 aromatic rings. The van der Waals surface area contributed by atoms with Gasteiger partial charge in [0.2, 0.25) is 5.89 Å². The van der Waals surface area contributed by atoms with Crippen molar-refractivity contribution < 1.29 is 9.32 Å². The Hall–Kier alpha value is -2.15. The number of rotatable bonds is 7. The molecule has 0 radical (unpaired) electrons. The predicted octanol–water partition coefficient (Wildman–Crippen LogP) is 1.91. The molecule has 0 spiro atoms. The van der Waals surface area contributed by atoms with Crippen LogP contribution in [0.5, 0.6) is 0 Å². The zero-order valence-corrected chi connectivity index (χ0v) is 12.4. The van der Waals surface area contributed by atoms with Gasteiger partial charge in [0, 0.05) is 25.7 Å². The highest BCUT2D eigenvalue weighted by molar-refractivity contribution is 6.33. The van der Waals surface area contributed by atoms with Crippen molar-refractivity contribution in [1.82, 2.24) is 20.4 Å². The highest BCUT2D eigenvalue weighted by Gasteiger charge is 2.10. The number of amides is 1. The summed E-state index contributed by atoms with van der Waals surface area (Å²) in [7, 11) is 0. The number of nitrogens with zero attached hydrogens (tertiary/aromatic N) is 3. The van der Waals surface area contributed by atoms with Crippen molar-refractivity contribution in [2.45, 2.75) is 19.8 Å². The molecule has 1 amide bonds. The minimum Gasteiger partial charge on any atom is -0.369 e. The maximum absolute atomic E-state index is 12.0. The number of pyridine rings is 1. The largest absolute Gasteiger partial charge is 0.369 e. The van der Waals surface area contributed by atoms with Crippen LogP contribution in [0.1, 0.15) is 29.6 Å². The fourth-order valence-corrected chi connectivity index (χ4v) is 1.86. The van der Waals surface area contributed by atoms with Gasteiger partial charge in [-0.05, 0) is 12.5 Å². The van der Waals surface area contributed by atoms with Crippen molar-refractivity contribution in [3.05, 3.63) is 35.1 Å². The minimum atomic E-state index is -0.244. The molecular formula is C13H16ClN5O2. The first kappa shape index (κ1) is 15.2. The number of halogens is 1. The summed E-state index contributed by atoms with van der Waals surface area (Å²) in [5.74, 6) is 0.817. The Balaban J connectivity index is 1.88. The molecule has 7 nitrogen and oxygen atoms in total. The summed E-state index contributed by atoms with van der Waals surface area (Å²) in [5.41, 5.74) is 0.410. The Morgan fingerprint density at radius 1 is 1.38 bits per heavy atom. The highest BCUT2D eigenvalue weighted by atomic mass is 35.5. The van der Waals surface area contributed by atoms with Crippen LogP contribution in [0, 0.1) is 0 Å². The maximum Gasteiger partial charge on any atom is 0.252 e. The van der Waals surface area contributed by atoms with E-state index in [2.05, 4.69) is 25.8 Å². The van der Waals surface area contributed by atoms with Crippen LogP contribution in [-0.2, 0) is 6.42 Å². The first-order valence-electron chi connectivity index (χ1n) is 6.64. The first-order valence-corrected chi connectivity index (χ1v) is 7.01. The Labute approximate surface area is 127 Å². The third kappa shape index (κ3) is 4.42. The molecule has 2 N–H and O–H groups in total. The molecule has 0 fully saturated rings.